The average molecular weight is 256 g/mol. The summed E-state index contributed by atoms with van der Waals surface area (Å²) in [6.07, 6.45) is 1.32. The van der Waals surface area contributed by atoms with Gasteiger partial charge in [-0.25, -0.2) is 4.98 Å². The Hall–Kier alpha value is -0.840. The van der Waals surface area contributed by atoms with Crippen molar-refractivity contribution in [3.8, 4) is 0 Å². The van der Waals surface area contributed by atoms with Crippen molar-refractivity contribution in [2.24, 2.45) is 0 Å². The van der Waals surface area contributed by atoms with Crippen LogP contribution in [0.2, 0.25) is 5.02 Å². The van der Waals surface area contributed by atoms with Gasteiger partial charge in [-0.15, -0.1) is 0 Å². The van der Waals surface area contributed by atoms with Crippen molar-refractivity contribution in [1.29, 1.82) is 0 Å². The normalized spacial score (nSPS) is 24.5. The zero-order chi connectivity index (χ0) is 12.4. The second kappa shape index (κ2) is 5.21. The Morgan fingerprint density at radius 3 is 3.00 bits per heavy atom. The smallest absolute Gasteiger partial charge is 0.123 e. The first-order chi connectivity index (χ1) is 8.08. The van der Waals surface area contributed by atoms with Gasteiger partial charge in [0.2, 0.25) is 0 Å². The van der Waals surface area contributed by atoms with E-state index >= 15 is 0 Å². The van der Waals surface area contributed by atoms with Gasteiger partial charge in [0.15, 0.2) is 0 Å². The summed E-state index contributed by atoms with van der Waals surface area (Å²) in [4.78, 5) is 6.50. The molecule has 1 aliphatic rings. The fraction of sp³-hybridized carbons (Fsp3) is 0.583. The van der Waals surface area contributed by atoms with Gasteiger partial charge in [0, 0.05) is 19.2 Å². The summed E-state index contributed by atoms with van der Waals surface area (Å²) in [5.41, 5.74) is 6.50. The Bertz CT molecular complexity index is 399. The molecular formula is C12H18ClN3O. The van der Waals surface area contributed by atoms with E-state index in [1.54, 1.807) is 12.1 Å². The van der Waals surface area contributed by atoms with Crippen molar-refractivity contribution in [3.05, 3.63) is 22.8 Å². The molecule has 2 heterocycles. The highest BCUT2D eigenvalue weighted by molar-refractivity contribution is 6.31. The van der Waals surface area contributed by atoms with Crippen LogP contribution in [0, 0.1) is 0 Å². The number of ether oxygens (including phenoxy) is 1. The van der Waals surface area contributed by atoms with Gasteiger partial charge in [0.1, 0.15) is 5.82 Å². The molecule has 1 saturated heterocycles. The Kier molecular flexibility index (Phi) is 3.86. The van der Waals surface area contributed by atoms with E-state index in [2.05, 4.69) is 23.9 Å². The van der Waals surface area contributed by atoms with Crippen molar-refractivity contribution < 1.29 is 4.74 Å². The summed E-state index contributed by atoms with van der Waals surface area (Å²) in [7, 11) is 2.07. The number of pyridine rings is 1. The SMILES string of the molecule is CC1OCCC1N(C)Cc1nc(N)ccc1Cl. The van der Waals surface area contributed by atoms with Crippen LogP contribution in [0.1, 0.15) is 19.0 Å². The van der Waals surface area contributed by atoms with Gasteiger partial charge >= 0.3 is 0 Å². The molecule has 1 aliphatic heterocycles. The summed E-state index contributed by atoms with van der Waals surface area (Å²) in [5, 5.41) is 0.664. The third kappa shape index (κ3) is 2.89. The molecule has 4 nitrogen and oxygen atoms in total. The van der Waals surface area contributed by atoms with Gasteiger partial charge in [-0.3, -0.25) is 4.90 Å². The highest BCUT2D eigenvalue weighted by Gasteiger charge is 2.28. The molecule has 1 aromatic heterocycles. The van der Waals surface area contributed by atoms with E-state index in [0.717, 1.165) is 18.7 Å². The number of anilines is 1. The summed E-state index contributed by atoms with van der Waals surface area (Å²) in [6, 6.07) is 3.93. The first-order valence-corrected chi connectivity index (χ1v) is 6.18. The number of nitrogen functional groups attached to an aromatic ring is 1. The van der Waals surface area contributed by atoms with Crippen molar-refractivity contribution in [1.82, 2.24) is 9.88 Å². The highest BCUT2D eigenvalue weighted by atomic mass is 35.5. The Labute approximate surface area is 107 Å². The number of aromatic nitrogens is 1. The molecule has 0 radical (unpaired) electrons. The fourth-order valence-electron chi connectivity index (χ4n) is 2.26. The van der Waals surface area contributed by atoms with Gasteiger partial charge in [0.25, 0.3) is 0 Å². The number of likely N-dealkylation sites (N-methyl/N-ethyl adjacent to an activating group) is 1. The van der Waals surface area contributed by atoms with Crippen molar-refractivity contribution >= 4 is 17.4 Å². The zero-order valence-electron chi connectivity index (χ0n) is 10.2. The van der Waals surface area contributed by atoms with E-state index < -0.39 is 0 Å². The maximum absolute atomic E-state index is 6.11. The molecule has 1 aromatic rings. The van der Waals surface area contributed by atoms with Crippen LogP contribution < -0.4 is 5.73 Å². The number of hydrogen-bond acceptors (Lipinski definition) is 4. The third-order valence-electron chi connectivity index (χ3n) is 3.24. The molecule has 1 fully saturated rings. The van der Waals surface area contributed by atoms with Crippen molar-refractivity contribution in [2.45, 2.75) is 32.0 Å². The zero-order valence-corrected chi connectivity index (χ0v) is 10.9. The number of halogens is 1. The van der Waals surface area contributed by atoms with Crippen LogP contribution in [-0.4, -0.2) is 35.7 Å². The Morgan fingerprint density at radius 1 is 1.59 bits per heavy atom. The van der Waals surface area contributed by atoms with E-state index in [-0.39, 0.29) is 6.10 Å². The molecule has 5 heteroatoms. The van der Waals surface area contributed by atoms with Crippen LogP contribution in [0.25, 0.3) is 0 Å². The third-order valence-corrected chi connectivity index (χ3v) is 3.59. The molecule has 0 saturated carbocycles. The lowest BCUT2D eigenvalue weighted by atomic mass is 10.1. The quantitative estimate of drug-likeness (QED) is 0.897. The van der Waals surface area contributed by atoms with Gasteiger partial charge in [-0.1, -0.05) is 11.6 Å². The standard InChI is InChI=1S/C12H18ClN3O/c1-8-11(5-6-17-8)16(2)7-10-9(13)3-4-12(14)15-10/h3-4,8,11H,5-7H2,1-2H3,(H2,14,15). The van der Waals surface area contributed by atoms with Crippen LogP contribution >= 0.6 is 11.6 Å². The van der Waals surface area contributed by atoms with Gasteiger partial charge in [-0.05, 0) is 32.5 Å². The van der Waals surface area contributed by atoms with Crippen LogP contribution in [0.15, 0.2) is 12.1 Å². The second-order valence-corrected chi connectivity index (χ2v) is 4.92. The molecule has 17 heavy (non-hydrogen) atoms. The van der Waals surface area contributed by atoms with Crippen molar-refractivity contribution in [3.63, 3.8) is 0 Å². The summed E-state index contributed by atoms with van der Waals surface area (Å²) in [6.45, 7) is 3.62. The molecular weight excluding hydrogens is 238 g/mol. The van der Waals surface area contributed by atoms with E-state index in [1.807, 2.05) is 0 Å². The molecule has 0 spiro atoms. The lowest BCUT2D eigenvalue weighted by Gasteiger charge is -2.26. The molecule has 0 aliphatic carbocycles. The Balaban J connectivity index is 2.07. The molecule has 94 valence electrons. The Morgan fingerprint density at radius 2 is 2.35 bits per heavy atom. The average Bonchev–Trinajstić information content (AvgIpc) is 2.70. The summed E-state index contributed by atoms with van der Waals surface area (Å²) >= 11 is 6.11. The molecule has 0 aromatic carbocycles. The molecule has 2 N–H and O–H groups in total. The summed E-state index contributed by atoms with van der Waals surface area (Å²) in [5.74, 6) is 0.508. The predicted molar refractivity (Wildman–Crippen MR) is 68.9 cm³/mol. The van der Waals surface area contributed by atoms with Gasteiger partial charge < -0.3 is 10.5 Å². The molecule has 2 rings (SSSR count). The van der Waals surface area contributed by atoms with Crippen LogP contribution in [-0.2, 0) is 11.3 Å². The minimum Gasteiger partial charge on any atom is -0.384 e. The molecule has 2 unspecified atom stereocenters. The number of nitrogens with two attached hydrogens (primary N) is 1. The second-order valence-electron chi connectivity index (χ2n) is 4.51. The lowest BCUT2D eigenvalue weighted by Crippen LogP contribution is -2.36. The fourth-order valence-corrected chi connectivity index (χ4v) is 2.43. The summed E-state index contributed by atoms with van der Waals surface area (Å²) < 4.78 is 5.56. The largest absolute Gasteiger partial charge is 0.384 e. The highest BCUT2D eigenvalue weighted by Crippen LogP contribution is 2.22. The van der Waals surface area contributed by atoms with E-state index in [4.69, 9.17) is 22.1 Å². The van der Waals surface area contributed by atoms with E-state index in [0.29, 0.717) is 23.4 Å². The van der Waals surface area contributed by atoms with Crippen LogP contribution in [0.3, 0.4) is 0 Å². The molecule has 0 amide bonds. The van der Waals surface area contributed by atoms with Crippen LogP contribution in [0.5, 0.6) is 0 Å². The van der Waals surface area contributed by atoms with E-state index in [1.165, 1.54) is 0 Å². The predicted octanol–water partition coefficient (Wildman–Crippen LogP) is 1.93. The lowest BCUT2D eigenvalue weighted by molar-refractivity contribution is 0.0810. The maximum atomic E-state index is 6.11. The maximum Gasteiger partial charge on any atom is 0.123 e. The monoisotopic (exact) mass is 255 g/mol. The van der Waals surface area contributed by atoms with E-state index in [9.17, 15) is 0 Å². The van der Waals surface area contributed by atoms with Crippen LogP contribution in [0.4, 0.5) is 5.82 Å². The van der Waals surface area contributed by atoms with Gasteiger partial charge in [0.05, 0.1) is 16.8 Å². The molecule has 0 bridgehead atoms. The molecule has 2 atom stereocenters. The minimum absolute atomic E-state index is 0.264. The van der Waals surface area contributed by atoms with Gasteiger partial charge in [-0.2, -0.15) is 0 Å². The van der Waals surface area contributed by atoms with Crippen molar-refractivity contribution in [2.75, 3.05) is 19.4 Å². The minimum atomic E-state index is 0.264. The first-order valence-electron chi connectivity index (χ1n) is 5.80. The number of nitrogens with zero attached hydrogens (tertiary/aromatic N) is 2. The first kappa shape index (κ1) is 12.6. The number of rotatable bonds is 3. The topological polar surface area (TPSA) is 51.4 Å². The number of hydrogen-bond donors (Lipinski definition) is 1.